The van der Waals surface area contributed by atoms with Gasteiger partial charge < -0.3 is 0 Å². The van der Waals surface area contributed by atoms with Crippen LogP contribution in [0.5, 0.6) is 0 Å². The highest BCUT2D eigenvalue weighted by Crippen LogP contribution is 2.39. The maximum absolute atomic E-state index is 11.4. The molecule has 0 aromatic heterocycles. The van der Waals surface area contributed by atoms with E-state index in [2.05, 4.69) is 11.6 Å². The van der Waals surface area contributed by atoms with Crippen molar-refractivity contribution in [1.82, 2.24) is 0 Å². The predicted molar refractivity (Wildman–Crippen MR) is 26.3 cm³/mol. The molecule has 0 aromatic carbocycles. The summed E-state index contributed by atoms with van der Waals surface area (Å²) < 4.78 is 68.5. The van der Waals surface area contributed by atoms with Gasteiger partial charge in [-0.1, -0.05) is 0 Å². The second kappa shape index (κ2) is 3.08. The highest BCUT2D eigenvalue weighted by atomic mass is 35.5. The zero-order valence-electron chi connectivity index (χ0n) is 4.93. The Morgan fingerprint density at radius 1 is 0.909 bits per heavy atom. The van der Waals surface area contributed by atoms with Crippen LogP contribution in [-0.2, 0) is 0 Å². The standard InChI is InChI=1S/C4H3ClF6/c5-1-2(3(6,7)8)4(9,10)11/h2H,1H2. The highest BCUT2D eigenvalue weighted by Gasteiger charge is 2.55. The number of alkyl halides is 7. The largest absolute Gasteiger partial charge is 0.401 e. The average Bonchev–Trinajstić information content (AvgIpc) is 1.56. The van der Waals surface area contributed by atoms with E-state index in [0.29, 0.717) is 0 Å². The van der Waals surface area contributed by atoms with Crippen molar-refractivity contribution in [2.75, 3.05) is 5.88 Å². The van der Waals surface area contributed by atoms with Crippen LogP contribution < -0.4 is 0 Å². The van der Waals surface area contributed by atoms with Gasteiger partial charge in [0.25, 0.3) is 0 Å². The molecule has 0 aliphatic heterocycles. The molecule has 7 heteroatoms. The maximum atomic E-state index is 11.4. The lowest BCUT2D eigenvalue weighted by Gasteiger charge is -2.19. The van der Waals surface area contributed by atoms with Crippen LogP contribution in [0.1, 0.15) is 0 Å². The molecular formula is C4H3ClF6. The number of hydrogen-bond acceptors (Lipinski definition) is 0. The summed E-state index contributed by atoms with van der Waals surface area (Å²) in [6, 6.07) is 0. The summed E-state index contributed by atoms with van der Waals surface area (Å²) in [7, 11) is 0. The summed E-state index contributed by atoms with van der Waals surface area (Å²) in [4.78, 5) is 0. The predicted octanol–water partition coefficient (Wildman–Crippen LogP) is 2.97. The van der Waals surface area contributed by atoms with Crippen LogP contribution in [0.4, 0.5) is 26.3 Å². The van der Waals surface area contributed by atoms with Crippen LogP contribution in [0.2, 0.25) is 0 Å². The Bertz CT molecular complexity index is 110. The molecule has 0 fully saturated rings. The lowest BCUT2D eigenvalue weighted by molar-refractivity contribution is -0.276. The summed E-state index contributed by atoms with van der Waals surface area (Å²) in [5, 5.41) is 0. The van der Waals surface area contributed by atoms with E-state index in [-0.39, 0.29) is 0 Å². The number of halogens is 7. The van der Waals surface area contributed by atoms with Gasteiger partial charge in [-0.2, -0.15) is 26.3 Å². The SMILES string of the molecule is FC(F)(F)C(CCl)C(F)(F)F. The van der Waals surface area contributed by atoms with Gasteiger partial charge in [-0.25, -0.2) is 0 Å². The van der Waals surface area contributed by atoms with Crippen LogP contribution in [-0.4, -0.2) is 18.2 Å². The third-order valence-corrected chi connectivity index (χ3v) is 1.25. The van der Waals surface area contributed by atoms with Crippen LogP contribution in [0, 0.1) is 5.92 Å². The molecule has 0 saturated heterocycles. The molecule has 0 aliphatic rings. The van der Waals surface area contributed by atoms with Crippen molar-refractivity contribution in [2.45, 2.75) is 12.4 Å². The lowest BCUT2D eigenvalue weighted by atomic mass is 10.2. The van der Waals surface area contributed by atoms with Crippen LogP contribution >= 0.6 is 11.6 Å². The molecule has 0 heterocycles. The molecule has 0 N–H and O–H groups in total. The maximum Gasteiger partial charge on any atom is 0.401 e. The Morgan fingerprint density at radius 2 is 1.18 bits per heavy atom. The average molecular weight is 201 g/mol. The quantitative estimate of drug-likeness (QED) is 0.451. The van der Waals surface area contributed by atoms with Gasteiger partial charge in [-0.15, -0.1) is 11.6 Å². The Morgan fingerprint density at radius 3 is 1.18 bits per heavy atom. The van der Waals surface area contributed by atoms with Crippen molar-refractivity contribution >= 4 is 11.6 Å². The van der Waals surface area contributed by atoms with Gasteiger partial charge in [-0.05, 0) is 0 Å². The second-order valence-electron chi connectivity index (χ2n) is 1.79. The van der Waals surface area contributed by atoms with Gasteiger partial charge in [-0.3, -0.25) is 0 Å². The number of rotatable bonds is 1. The van der Waals surface area contributed by atoms with Gasteiger partial charge in [0.2, 0.25) is 0 Å². The normalized spacial score (nSPS) is 14.2. The van der Waals surface area contributed by atoms with Crippen molar-refractivity contribution in [3.05, 3.63) is 0 Å². The summed E-state index contributed by atoms with van der Waals surface area (Å²) in [5.41, 5.74) is 0. The molecule has 0 nitrogen and oxygen atoms in total. The van der Waals surface area contributed by atoms with E-state index in [1.54, 1.807) is 0 Å². The summed E-state index contributed by atoms with van der Waals surface area (Å²) in [6.07, 6.45) is -10.6. The van der Waals surface area contributed by atoms with Crippen LogP contribution in [0.15, 0.2) is 0 Å². The van der Waals surface area contributed by atoms with Crippen molar-refractivity contribution in [3.8, 4) is 0 Å². The molecule has 0 spiro atoms. The Balaban J connectivity index is 4.43. The van der Waals surface area contributed by atoms with Gasteiger partial charge >= 0.3 is 12.4 Å². The minimum atomic E-state index is -5.31. The summed E-state index contributed by atoms with van der Waals surface area (Å²) >= 11 is 4.50. The third-order valence-electron chi connectivity index (χ3n) is 0.945. The Hall–Kier alpha value is -0.130. The van der Waals surface area contributed by atoms with Gasteiger partial charge in [0.1, 0.15) is 0 Å². The Labute approximate surface area is 63.1 Å². The fraction of sp³-hybridized carbons (Fsp3) is 1.00. The van der Waals surface area contributed by atoms with E-state index in [0.717, 1.165) is 0 Å². The molecular weight excluding hydrogens is 197 g/mol. The number of hydrogen-bond donors (Lipinski definition) is 0. The lowest BCUT2D eigenvalue weighted by Crippen LogP contribution is -2.37. The third kappa shape index (κ3) is 3.18. The van der Waals surface area contributed by atoms with Crippen molar-refractivity contribution < 1.29 is 26.3 Å². The summed E-state index contributed by atoms with van der Waals surface area (Å²) in [5.74, 6) is -4.91. The fourth-order valence-corrected chi connectivity index (χ4v) is 0.710. The van der Waals surface area contributed by atoms with Crippen LogP contribution in [0.25, 0.3) is 0 Å². The first-order valence-electron chi connectivity index (χ1n) is 2.39. The molecule has 0 atom stereocenters. The van der Waals surface area contributed by atoms with E-state index in [4.69, 9.17) is 0 Å². The van der Waals surface area contributed by atoms with E-state index in [1.165, 1.54) is 0 Å². The van der Waals surface area contributed by atoms with Crippen LogP contribution in [0.3, 0.4) is 0 Å². The smallest absolute Gasteiger partial charge is 0.170 e. The first-order valence-corrected chi connectivity index (χ1v) is 2.92. The van der Waals surface area contributed by atoms with Gasteiger partial charge in [0, 0.05) is 5.88 Å². The molecule has 0 aromatic rings. The molecule has 0 rings (SSSR count). The van der Waals surface area contributed by atoms with Crippen molar-refractivity contribution in [1.29, 1.82) is 0 Å². The van der Waals surface area contributed by atoms with Gasteiger partial charge in [0.15, 0.2) is 5.92 Å². The monoisotopic (exact) mass is 200 g/mol. The molecule has 0 radical (unpaired) electrons. The molecule has 0 unspecified atom stereocenters. The topological polar surface area (TPSA) is 0 Å². The van der Waals surface area contributed by atoms with E-state index < -0.39 is 24.2 Å². The fourth-order valence-electron chi connectivity index (χ4n) is 0.361. The zero-order chi connectivity index (χ0) is 9.28. The minimum absolute atomic E-state index is 1.49. The zero-order valence-corrected chi connectivity index (χ0v) is 5.69. The first kappa shape index (κ1) is 10.9. The highest BCUT2D eigenvalue weighted by molar-refractivity contribution is 6.18. The van der Waals surface area contributed by atoms with E-state index in [1.807, 2.05) is 0 Å². The summed E-state index contributed by atoms with van der Waals surface area (Å²) in [6.45, 7) is 0. The molecule has 0 aliphatic carbocycles. The molecule has 0 bridgehead atoms. The van der Waals surface area contributed by atoms with E-state index >= 15 is 0 Å². The second-order valence-corrected chi connectivity index (χ2v) is 2.10. The van der Waals surface area contributed by atoms with E-state index in [9.17, 15) is 26.3 Å². The first-order chi connectivity index (χ1) is 4.69. The van der Waals surface area contributed by atoms with Gasteiger partial charge in [0.05, 0.1) is 0 Å². The molecule has 68 valence electrons. The minimum Gasteiger partial charge on any atom is -0.170 e. The molecule has 0 amide bonds. The van der Waals surface area contributed by atoms with Crippen molar-refractivity contribution in [3.63, 3.8) is 0 Å². The van der Waals surface area contributed by atoms with Crippen molar-refractivity contribution in [2.24, 2.45) is 5.92 Å². The molecule has 0 saturated carbocycles. The Kier molecular flexibility index (Phi) is 3.05. The molecule has 11 heavy (non-hydrogen) atoms.